The Bertz CT molecular complexity index is 625. The van der Waals surface area contributed by atoms with E-state index in [1.807, 2.05) is 6.92 Å². The number of nitrogens with one attached hydrogen (secondary N) is 2. The molecule has 0 saturated heterocycles. The number of hydrogen-bond acceptors (Lipinski definition) is 3. The average Bonchev–Trinajstić information content (AvgIpc) is 2.88. The molecule has 2 aromatic rings. The zero-order chi connectivity index (χ0) is 15.2. The second-order valence-corrected chi connectivity index (χ2v) is 4.73. The van der Waals surface area contributed by atoms with Gasteiger partial charge in [0.25, 0.3) is 5.91 Å². The fourth-order valence-electron chi connectivity index (χ4n) is 2.02. The molecule has 0 unspecified atom stereocenters. The van der Waals surface area contributed by atoms with Crippen LogP contribution in [0.1, 0.15) is 28.0 Å². The highest BCUT2D eigenvalue weighted by Gasteiger charge is 2.09. The highest BCUT2D eigenvalue weighted by Crippen LogP contribution is 2.17. The highest BCUT2D eigenvalue weighted by molar-refractivity contribution is 5.94. The van der Waals surface area contributed by atoms with Crippen molar-refractivity contribution in [2.75, 3.05) is 13.7 Å². The molecule has 0 spiro atoms. The summed E-state index contributed by atoms with van der Waals surface area (Å²) in [6, 6.07) is 4.16. The topological polar surface area (TPSA) is 67.0 Å². The molecular weight excluding hydrogens is 273 g/mol. The number of halogens is 1. The lowest BCUT2D eigenvalue weighted by molar-refractivity contribution is 0.0952. The third-order valence-electron chi connectivity index (χ3n) is 3.26. The zero-order valence-corrected chi connectivity index (χ0v) is 12.1. The Morgan fingerprint density at radius 2 is 2.29 bits per heavy atom. The van der Waals surface area contributed by atoms with Crippen molar-refractivity contribution in [1.29, 1.82) is 0 Å². The maximum atomic E-state index is 13.5. The number of amides is 1. The van der Waals surface area contributed by atoms with E-state index in [9.17, 15) is 9.18 Å². The van der Waals surface area contributed by atoms with Crippen LogP contribution in [0.5, 0.6) is 5.75 Å². The van der Waals surface area contributed by atoms with Crippen LogP contribution in [-0.4, -0.2) is 29.8 Å². The van der Waals surface area contributed by atoms with Crippen molar-refractivity contribution in [2.45, 2.75) is 19.8 Å². The monoisotopic (exact) mass is 291 g/mol. The molecule has 0 aliphatic heterocycles. The minimum Gasteiger partial charge on any atom is -0.494 e. The molecule has 0 bridgehead atoms. The molecule has 21 heavy (non-hydrogen) atoms. The van der Waals surface area contributed by atoms with E-state index in [4.69, 9.17) is 4.74 Å². The molecule has 0 atom stereocenters. The predicted octanol–water partition coefficient (Wildman–Crippen LogP) is 2.23. The number of carbonyl (C=O) groups excluding carboxylic acids is 1. The molecule has 1 aromatic carbocycles. The molecule has 2 N–H and O–H groups in total. The molecule has 1 heterocycles. The summed E-state index contributed by atoms with van der Waals surface area (Å²) < 4.78 is 18.3. The Balaban J connectivity index is 1.82. The van der Waals surface area contributed by atoms with Crippen molar-refractivity contribution in [3.8, 4) is 5.75 Å². The van der Waals surface area contributed by atoms with Crippen molar-refractivity contribution < 1.29 is 13.9 Å². The van der Waals surface area contributed by atoms with E-state index in [0.29, 0.717) is 6.54 Å². The summed E-state index contributed by atoms with van der Waals surface area (Å²) in [5.74, 6) is -0.707. The molecule has 0 aliphatic carbocycles. The van der Waals surface area contributed by atoms with Gasteiger partial charge in [0, 0.05) is 17.8 Å². The van der Waals surface area contributed by atoms with Crippen LogP contribution >= 0.6 is 0 Å². The first-order chi connectivity index (χ1) is 10.1. The van der Waals surface area contributed by atoms with Gasteiger partial charge in [0.2, 0.25) is 0 Å². The number of aromatic amines is 1. The zero-order valence-electron chi connectivity index (χ0n) is 12.1. The minimum absolute atomic E-state index is 0.127. The number of benzene rings is 1. The third-order valence-corrected chi connectivity index (χ3v) is 3.26. The van der Waals surface area contributed by atoms with E-state index in [2.05, 4.69) is 15.5 Å². The van der Waals surface area contributed by atoms with Gasteiger partial charge < -0.3 is 10.1 Å². The number of nitrogens with zero attached hydrogens (tertiary/aromatic N) is 1. The van der Waals surface area contributed by atoms with E-state index in [0.717, 1.165) is 24.1 Å². The summed E-state index contributed by atoms with van der Waals surface area (Å²) in [4.78, 5) is 11.9. The molecule has 0 radical (unpaired) electrons. The van der Waals surface area contributed by atoms with Crippen LogP contribution in [0.15, 0.2) is 24.4 Å². The number of aryl methyl sites for hydroxylation is 2. The van der Waals surface area contributed by atoms with Gasteiger partial charge in [-0.05, 0) is 43.5 Å². The minimum atomic E-state index is -0.542. The number of rotatable bonds is 6. The normalized spacial score (nSPS) is 10.4. The summed E-state index contributed by atoms with van der Waals surface area (Å²) in [6.45, 7) is 2.48. The predicted molar refractivity (Wildman–Crippen MR) is 76.9 cm³/mol. The fraction of sp³-hybridized carbons (Fsp3) is 0.333. The Hall–Kier alpha value is -2.37. The quantitative estimate of drug-likeness (QED) is 0.802. The maximum Gasteiger partial charge on any atom is 0.251 e. The molecule has 1 amide bonds. The summed E-state index contributed by atoms with van der Waals surface area (Å²) in [5, 5.41) is 9.58. The van der Waals surface area contributed by atoms with Crippen LogP contribution in [-0.2, 0) is 6.42 Å². The van der Waals surface area contributed by atoms with Crippen LogP contribution in [0.2, 0.25) is 0 Å². The third kappa shape index (κ3) is 3.81. The Morgan fingerprint density at radius 3 is 2.90 bits per heavy atom. The number of hydrogen-bond donors (Lipinski definition) is 2. The van der Waals surface area contributed by atoms with E-state index in [-0.39, 0.29) is 17.2 Å². The van der Waals surface area contributed by atoms with Crippen LogP contribution in [0, 0.1) is 12.7 Å². The van der Waals surface area contributed by atoms with Crippen molar-refractivity contribution in [2.24, 2.45) is 0 Å². The molecule has 6 heteroatoms. The summed E-state index contributed by atoms with van der Waals surface area (Å²) in [7, 11) is 1.38. The molecule has 2 rings (SSSR count). The molecule has 5 nitrogen and oxygen atoms in total. The Morgan fingerprint density at radius 1 is 1.48 bits per heavy atom. The van der Waals surface area contributed by atoms with Crippen LogP contribution in [0.3, 0.4) is 0 Å². The average molecular weight is 291 g/mol. The van der Waals surface area contributed by atoms with Gasteiger partial charge in [-0.25, -0.2) is 4.39 Å². The van der Waals surface area contributed by atoms with E-state index >= 15 is 0 Å². The van der Waals surface area contributed by atoms with E-state index in [1.54, 1.807) is 6.20 Å². The number of aromatic nitrogens is 2. The molecule has 0 aliphatic rings. The standard InChI is InChI=1S/C15H18FN3O2/c1-10-12(9-18-19-10)4-3-7-17-15(20)11-5-6-14(21-2)13(16)8-11/h5-6,8-9H,3-4,7H2,1-2H3,(H,17,20)(H,18,19). The second-order valence-electron chi connectivity index (χ2n) is 4.73. The lowest BCUT2D eigenvalue weighted by Crippen LogP contribution is -2.24. The fourth-order valence-corrected chi connectivity index (χ4v) is 2.02. The molecule has 1 aromatic heterocycles. The summed E-state index contributed by atoms with van der Waals surface area (Å²) in [5.41, 5.74) is 2.46. The largest absolute Gasteiger partial charge is 0.494 e. The van der Waals surface area contributed by atoms with Gasteiger partial charge in [0.15, 0.2) is 11.6 Å². The smallest absolute Gasteiger partial charge is 0.251 e. The first kappa shape index (κ1) is 15.0. The lowest BCUT2D eigenvalue weighted by atomic mass is 10.1. The Labute approximate surface area is 122 Å². The molecule has 112 valence electrons. The first-order valence-electron chi connectivity index (χ1n) is 6.72. The van der Waals surface area contributed by atoms with Gasteiger partial charge >= 0.3 is 0 Å². The molecule has 0 fully saturated rings. The summed E-state index contributed by atoms with van der Waals surface area (Å²) in [6.07, 6.45) is 3.42. The first-order valence-corrected chi connectivity index (χ1v) is 6.72. The van der Waals surface area contributed by atoms with Gasteiger partial charge in [-0.1, -0.05) is 0 Å². The van der Waals surface area contributed by atoms with Crippen LogP contribution < -0.4 is 10.1 Å². The number of H-pyrrole nitrogens is 1. The summed E-state index contributed by atoms with van der Waals surface area (Å²) >= 11 is 0. The van der Waals surface area contributed by atoms with Crippen LogP contribution in [0.25, 0.3) is 0 Å². The molecular formula is C15H18FN3O2. The van der Waals surface area contributed by atoms with Gasteiger partial charge in [0.1, 0.15) is 0 Å². The lowest BCUT2D eigenvalue weighted by Gasteiger charge is -2.07. The highest BCUT2D eigenvalue weighted by atomic mass is 19.1. The second kappa shape index (κ2) is 6.88. The van der Waals surface area contributed by atoms with E-state index < -0.39 is 5.82 Å². The Kier molecular flexibility index (Phi) is 4.92. The van der Waals surface area contributed by atoms with Crippen molar-refractivity contribution in [3.63, 3.8) is 0 Å². The van der Waals surface area contributed by atoms with Crippen LogP contribution in [0.4, 0.5) is 4.39 Å². The van der Waals surface area contributed by atoms with Gasteiger partial charge in [-0.15, -0.1) is 0 Å². The van der Waals surface area contributed by atoms with Gasteiger partial charge in [-0.2, -0.15) is 5.10 Å². The number of carbonyl (C=O) groups is 1. The van der Waals surface area contributed by atoms with Gasteiger partial charge in [-0.3, -0.25) is 9.89 Å². The van der Waals surface area contributed by atoms with Crippen molar-refractivity contribution in [1.82, 2.24) is 15.5 Å². The van der Waals surface area contributed by atoms with Crippen molar-refractivity contribution >= 4 is 5.91 Å². The SMILES string of the molecule is COc1ccc(C(=O)NCCCc2cn[nH]c2C)cc1F. The van der Waals surface area contributed by atoms with Gasteiger partial charge in [0.05, 0.1) is 13.3 Å². The number of methoxy groups -OCH3 is 1. The number of ether oxygens (including phenoxy) is 1. The van der Waals surface area contributed by atoms with Crippen molar-refractivity contribution in [3.05, 3.63) is 47.0 Å². The maximum absolute atomic E-state index is 13.5. The van der Waals surface area contributed by atoms with E-state index in [1.165, 1.54) is 25.3 Å². The molecule has 0 saturated carbocycles.